The van der Waals surface area contributed by atoms with Gasteiger partial charge in [0.05, 0.1) is 33.1 Å². The molecule has 3 atom stereocenters. The Kier molecular flexibility index (Phi) is 5.29. The number of fused-ring (bicyclic) bond motifs is 1. The summed E-state index contributed by atoms with van der Waals surface area (Å²) in [5.74, 6) is 0.213. The number of amides is 1. The first-order valence-corrected chi connectivity index (χ1v) is 12.4. The van der Waals surface area contributed by atoms with Crippen molar-refractivity contribution in [2.24, 2.45) is 5.41 Å². The molecule has 3 fully saturated rings. The molecule has 3 unspecified atom stereocenters. The predicted molar refractivity (Wildman–Crippen MR) is 122 cm³/mol. The average Bonchev–Trinajstić information content (AvgIpc) is 3.12. The van der Waals surface area contributed by atoms with E-state index in [1.54, 1.807) is 18.2 Å². The molecule has 1 spiro atoms. The van der Waals surface area contributed by atoms with Gasteiger partial charge < -0.3 is 20.5 Å². The van der Waals surface area contributed by atoms with Crippen molar-refractivity contribution in [1.29, 1.82) is 0 Å². The highest BCUT2D eigenvalue weighted by molar-refractivity contribution is 7.23. The minimum atomic E-state index is -4.45. The molecule has 35 heavy (non-hydrogen) atoms. The van der Waals surface area contributed by atoms with Crippen molar-refractivity contribution in [2.75, 3.05) is 18.4 Å². The van der Waals surface area contributed by atoms with Crippen LogP contribution < -0.4 is 16.0 Å². The van der Waals surface area contributed by atoms with Crippen molar-refractivity contribution in [2.45, 2.75) is 56.5 Å². The molecular weight excluding hydrogens is 486 g/mol. The largest absolute Gasteiger partial charge is 0.393 e. The van der Waals surface area contributed by atoms with Crippen molar-refractivity contribution in [3.63, 3.8) is 0 Å². The highest BCUT2D eigenvalue weighted by atomic mass is 32.1. The van der Waals surface area contributed by atoms with Crippen molar-refractivity contribution < 1.29 is 26.9 Å². The zero-order valence-corrected chi connectivity index (χ0v) is 19.4. The lowest BCUT2D eigenvalue weighted by Gasteiger charge is -2.28. The fraction of sp³-hybridized carbons (Fsp3) is 0.522. The third-order valence-electron chi connectivity index (χ3n) is 7.12. The lowest BCUT2D eigenvalue weighted by molar-refractivity contribution is -0.127. The lowest BCUT2D eigenvalue weighted by Crippen LogP contribution is -2.45. The standard InChI is InChI=1S/C23H23F4N5O2S/c24-13-10-28-7-4-14(13)29-15-3-1-2-11-12(8-23(25,26)27)18(35-17(11)15)19-31-20(34-32-19)16-9-22(5-6-22)21(33)30-16/h1-3,13-14,16,28-29H,4-10H2,(H,30,33). The molecule has 1 amide bonds. The minimum absolute atomic E-state index is 0.0401. The lowest BCUT2D eigenvalue weighted by atomic mass is 10.0. The Bertz CT molecular complexity index is 1280. The normalized spacial score (nSPS) is 25.8. The molecule has 0 bridgehead atoms. The van der Waals surface area contributed by atoms with Gasteiger partial charge in [0.15, 0.2) is 0 Å². The molecule has 12 heteroatoms. The van der Waals surface area contributed by atoms with E-state index >= 15 is 0 Å². The van der Waals surface area contributed by atoms with Crippen LogP contribution >= 0.6 is 11.3 Å². The second-order valence-corrected chi connectivity index (χ2v) is 10.6. The minimum Gasteiger partial charge on any atom is -0.378 e. The van der Waals surface area contributed by atoms with Gasteiger partial charge in [-0.15, -0.1) is 11.3 Å². The highest BCUT2D eigenvalue weighted by Gasteiger charge is 2.57. The number of nitrogens with zero attached hydrogens (tertiary/aromatic N) is 2. The number of rotatable bonds is 5. The topological polar surface area (TPSA) is 92.1 Å². The zero-order valence-electron chi connectivity index (χ0n) is 18.5. The maximum atomic E-state index is 14.4. The Labute approximate surface area is 201 Å². The second kappa shape index (κ2) is 8.16. The summed E-state index contributed by atoms with van der Waals surface area (Å²) >= 11 is 1.13. The number of benzene rings is 1. The van der Waals surface area contributed by atoms with Gasteiger partial charge in [-0.25, -0.2) is 4.39 Å². The van der Waals surface area contributed by atoms with E-state index < -0.39 is 30.9 Å². The predicted octanol–water partition coefficient (Wildman–Crippen LogP) is 4.51. The van der Waals surface area contributed by atoms with Crippen LogP contribution in [0.25, 0.3) is 20.8 Å². The van der Waals surface area contributed by atoms with Gasteiger partial charge in [-0.1, -0.05) is 17.3 Å². The van der Waals surface area contributed by atoms with Crippen LogP contribution in [0.1, 0.15) is 43.2 Å². The molecule has 1 aliphatic carbocycles. The molecule has 186 valence electrons. The number of thiophene rings is 1. The van der Waals surface area contributed by atoms with Gasteiger partial charge in [0.1, 0.15) is 12.2 Å². The summed E-state index contributed by atoms with van der Waals surface area (Å²) in [5, 5.41) is 13.5. The van der Waals surface area contributed by atoms with E-state index in [0.717, 1.165) is 24.2 Å². The fourth-order valence-electron chi connectivity index (χ4n) is 5.07. The summed E-state index contributed by atoms with van der Waals surface area (Å²) in [7, 11) is 0. The van der Waals surface area contributed by atoms with Gasteiger partial charge in [-0.3, -0.25) is 4.79 Å². The number of carbonyl (C=O) groups is 1. The Hall–Kier alpha value is -2.73. The third kappa shape index (κ3) is 4.16. The monoisotopic (exact) mass is 509 g/mol. The summed E-state index contributed by atoms with van der Waals surface area (Å²) < 4.78 is 61.1. The van der Waals surface area contributed by atoms with Crippen molar-refractivity contribution >= 4 is 33.0 Å². The first-order chi connectivity index (χ1) is 16.7. The molecule has 3 N–H and O–H groups in total. The SMILES string of the molecule is O=C1NC(c2nc(-c3sc4c(NC5CCNCC5F)cccc4c3CC(F)(F)F)no2)CC12CC2. The molecular formula is C23H23F4N5O2S. The Morgan fingerprint density at radius 2 is 2.11 bits per heavy atom. The van der Waals surface area contributed by atoms with E-state index in [-0.39, 0.29) is 40.0 Å². The molecule has 6 rings (SSSR count). The van der Waals surface area contributed by atoms with Gasteiger partial charge >= 0.3 is 6.18 Å². The van der Waals surface area contributed by atoms with Crippen LogP contribution in [0.2, 0.25) is 0 Å². The molecule has 3 aromatic rings. The number of hydrogen-bond acceptors (Lipinski definition) is 7. The van der Waals surface area contributed by atoms with E-state index in [9.17, 15) is 22.4 Å². The quantitative estimate of drug-likeness (QED) is 0.439. The molecule has 2 aromatic heterocycles. The average molecular weight is 510 g/mol. The summed E-state index contributed by atoms with van der Waals surface area (Å²) in [4.78, 5) is 16.9. The van der Waals surface area contributed by atoms with E-state index in [0.29, 0.717) is 35.2 Å². The maximum Gasteiger partial charge on any atom is 0.393 e. The summed E-state index contributed by atoms with van der Waals surface area (Å²) in [6.45, 7) is 0.890. The van der Waals surface area contributed by atoms with Crippen LogP contribution in [0, 0.1) is 5.41 Å². The number of anilines is 1. The number of piperidine rings is 1. The van der Waals surface area contributed by atoms with E-state index in [2.05, 4.69) is 26.1 Å². The maximum absolute atomic E-state index is 14.4. The van der Waals surface area contributed by atoms with Gasteiger partial charge in [-0.2, -0.15) is 18.2 Å². The molecule has 4 heterocycles. The van der Waals surface area contributed by atoms with Gasteiger partial charge in [-0.05, 0) is 49.2 Å². The number of halogens is 4. The van der Waals surface area contributed by atoms with Crippen LogP contribution in [0.15, 0.2) is 22.7 Å². The summed E-state index contributed by atoms with van der Waals surface area (Å²) in [5.41, 5.74) is 0.283. The molecule has 3 aliphatic rings. The third-order valence-corrected chi connectivity index (χ3v) is 8.40. The number of nitrogens with one attached hydrogen (secondary N) is 3. The van der Waals surface area contributed by atoms with E-state index in [1.807, 2.05) is 0 Å². The zero-order chi connectivity index (χ0) is 24.4. The molecule has 0 radical (unpaired) electrons. The van der Waals surface area contributed by atoms with Crippen LogP contribution in [-0.4, -0.2) is 47.5 Å². The second-order valence-electron chi connectivity index (χ2n) is 9.61. The highest BCUT2D eigenvalue weighted by Crippen LogP contribution is 2.55. The number of hydrogen-bond donors (Lipinski definition) is 3. The smallest absolute Gasteiger partial charge is 0.378 e. The molecule has 2 aliphatic heterocycles. The molecule has 7 nitrogen and oxygen atoms in total. The van der Waals surface area contributed by atoms with Crippen molar-refractivity contribution in [3.8, 4) is 10.7 Å². The number of carbonyl (C=O) groups excluding carboxylic acids is 1. The van der Waals surface area contributed by atoms with Crippen molar-refractivity contribution in [3.05, 3.63) is 29.7 Å². The summed E-state index contributed by atoms with van der Waals surface area (Å²) in [6.07, 6.45) is -3.97. The van der Waals surface area contributed by atoms with E-state index in [4.69, 9.17) is 4.52 Å². The molecule has 1 saturated carbocycles. The van der Waals surface area contributed by atoms with Gasteiger partial charge in [0.25, 0.3) is 0 Å². The summed E-state index contributed by atoms with van der Waals surface area (Å²) in [6, 6.07) is 4.17. The van der Waals surface area contributed by atoms with Crippen LogP contribution in [0.3, 0.4) is 0 Å². The molecule has 2 saturated heterocycles. The number of aromatic nitrogens is 2. The Balaban J connectivity index is 1.38. The first kappa shape index (κ1) is 22.7. The van der Waals surface area contributed by atoms with E-state index in [1.165, 1.54) is 0 Å². The van der Waals surface area contributed by atoms with Gasteiger partial charge in [0, 0.05) is 6.54 Å². The fourth-order valence-corrected chi connectivity index (χ4v) is 6.29. The van der Waals surface area contributed by atoms with Gasteiger partial charge in [0.2, 0.25) is 17.6 Å². The Morgan fingerprint density at radius 1 is 1.29 bits per heavy atom. The first-order valence-electron chi connectivity index (χ1n) is 11.6. The van der Waals surface area contributed by atoms with Crippen LogP contribution in [0.4, 0.5) is 23.2 Å². The van der Waals surface area contributed by atoms with Crippen LogP contribution in [0.5, 0.6) is 0 Å². The van der Waals surface area contributed by atoms with Crippen molar-refractivity contribution in [1.82, 2.24) is 20.8 Å². The number of alkyl halides is 4. The Morgan fingerprint density at radius 3 is 2.83 bits per heavy atom. The van der Waals surface area contributed by atoms with Crippen LogP contribution in [-0.2, 0) is 11.2 Å². The molecule has 1 aromatic carbocycles.